The Bertz CT molecular complexity index is 477. The van der Waals surface area contributed by atoms with E-state index in [9.17, 15) is 14.4 Å². The Morgan fingerprint density at radius 3 is 2.41 bits per heavy atom. The summed E-state index contributed by atoms with van der Waals surface area (Å²) in [5.41, 5.74) is 1.31. The van der Waals surface area contributed by atoms with Crippen LogP contribution >= 0.6 is 0 Å². The van der Waals surface area contributed by atoms with Crippen molar-refractivity contribution in [2.75, 3.05) is 0 Å². The third kappa shape index (κ3) is 2.25. The van der Waals surface area contributed by atoms with E-state index >= 15 is 0 Å². The van der Waals surface area contributed by atoms with Gasteiger partial charge in [0, 0.05) is 18.4 Å². The molecule has 0 bridgehead atoms. The van der Waals surface area contributed by atoms with E-state index in [-0.39, 0.29) is 12.8 Å². The number of carbonyl (C=O) groups is 3. The van der Waals surface area contributed by atoms with Crippen LogP contribution in [-0.2, 0) is 9.59 Å². The third-order valence-corrected chi connectivity index (χ3v) is 2.75. The summed E-state index contributed by atoms with van der Waals surface area (Å²) in [6, 6.07) is 6.89. The van der Waals surface area contributed by atoms with Crippen LogP contribution in [0.4, 0.5) is 0 Å². The molecule has 0 saturated carbocycles. The Kier molecular flexibility index (Phi) is 3.04. The first-order valence-corrected chi connectivity index (χ1v) is 5.56. The maximum absolute atomic E-state index is 12.1. The van der Waals surface area contributed by atoms with Gasteiger partial charge in [-0.05, 0) is 25.5 Å². The van der Waals surface area contributed by atoms with Gasteiger partial charge in [-0.3, -0.25) is 14.4 Å². The quantitative estimate of drug-likeness (QED) is 0.691. The van der Waals surface area contributed by atoms with Gasteiger partial charge >= 0.3 is 0 Å². The van der Waals surface area contributed by atoms with Crippen LogP contribution < -0.4 is 0 Å². The first-order chi connectivity index (χ1) is 8.09. The van der Waals surface area contributed by atoms with Gasteiger partial charge in [0.2, 0.25) is 11.8 Å². The van der Waals surface area contributed by atoms with E-state index in [4.69, 9.17) is 0 Å². The van der Waals surface area contributed by atoms with Gasteiger partial charge in [0.15, 0.2) is 0 Å². The topological polar surface area (TPSA) is 54.5 Å². The van der Waals surface area contributed by atoms with Crippen LogP contribution in [0.1, 0.15) is 35.2 Å². The molecule has 0 radical (unpaired) electrons. The minimum Gasteiger partial charge on any atom is -0.274 e. The van der Waals surface area contributed by atoms with Crippen LogP contribution in [0, 0.1) is 6.92 Å². The minimum absolute atomic E-state index is 0.267. The Morgan fingerprint density at radius 1 is 1.18 bits per heavy atom. The van der Waals surface area contributed by atoms with Crippen LogP contribution in [0.2, 0.25) is 0 Å². The predicted molar refractivity (Wildman–Crippen MR) is 61.2 cm³/mol. The highest BCUT2D eigenvalue weighted by molar-refractivity contribution is 6.17. The van der Waals surface area contributed by atoms with Crippen LogP contribution in [-0.4, -0.2) is 22.6 Å². The number of hydrogen-bond donors (Lipinski definition) is 0. The van der Waals surface area contributed by atoms with Crippen molar-refractivity contribution in [3.05, 3.63) is 35.4 Å². The van der Waals surface area contributed by atoms with Crippen molar-refractivity contribution in [3.8, 4) is 0 Å². The Labute approximate surface area is 99.2 Å². The highest BCUT2D eigenvalue weighted by Gasteiger charge is 2.32. The highest BCUT2D eigenvalue weighted by atomic mass is 16.2. The van der Waals surface area contributed by atoms with E-state index in [2.05, 4.69) is 0 Å². The van der Waals surface area contributed by atoms with E-state index in [0.29, 0.717) is 12.0 Å². The molecular weight excluding hydrogens is 218 g/mol. The number of rotatable bonds is 1. The minimum atomic E-state index is -0.511. The second kappa shape index (κ2) is 4.49. The summed E-state index contributed by atoms with van der Waals surface area (Å²) in [5, 5.41) is 0. The van der Waals surface area contributed by atoms with Crippen molar-refractivity contribution < 1.29 is 14.4 Å². The Hall–Kier alpha value is -1.97. The van der Waals surface area contributed by atoms with Gasteiger partial charge in [-0.15, -0.1) is 0 Å². The Balaban J connectivity index is 2.30. The number of piperidine rings is 1. The second-order valence-corrected chi connectivity index (χ2v) is 4.15. The zero-order valence-electron chi connectivity index (χ0n) is 9.60. The molecule has 1 aliphatic rings. The number of likely N-dealkylation sites (tertiary alicyclic amines) is 1. The molecule has 0 aliphatic carbocycles. The molecule has 1 heterocycles. The molecular formula is C13H13NO3. The molecule has 3 amide bonds. The predicted octanol–water partition coefficient (Wildman–Crippen LogP) is 1.67. The summed E-state index contributed by atoms with van der Waals surface area (Å²) >= 11 is 0. The van der Waals surface area contributed by atoms with E-state index in [0.717, 1.165) is 10.5 Å². The van der Waals surface area contributed by atoms with E-state index in [1.807, 2.05) is 13.0 Å². The lowest BCUT2D eigenvalue weighted by molar-refractivity contribution is -0.144. The van der Waals surface area contributed by atoms with Crippen LogP contribution in [0.3, 0.4) is 0 Å². The first-order valence-electron chi connectivity index (χ1n) is 5.56. The summed E-state index contributed by atoms with van der Waals surface area (Å²) in [7, 11) is 0. The van der Waals surface area contributed by atoms with Crippen molar-refractivity contribution >= 4 is 17.7 Å². The van der Waals surface area contributed by atoms with Crippen molar-refractivity contribution in [1.82, 2.24) is 4.90 Å². The third-order valence-electron chi connectivity index (χ3n) is 2.75. The molecule has 1 aromatic carbocycles. The molecule has 2 rings (SSSR count). The lowest BCUT2D eigenvalue weighted by Crippen LogP contribution is -2.44. The molecule has 1 fully saturated rings. The number of nitrogens with zero attached hydrogens (tertiary/aromatic N) is 1. The van der Waals surface area contributed by atoms with Gasteiger partial charge in [-0.25, -0.2) is 4.90 Å². The normalized spacial score (nSPS) is 16.2. The zero-order valence-corrected chi connectivity index (χ0v) is 9.60. The number of aryl methyl sites for hydroxylation is 1. The number of benzene rings is 1. The summed E-state index contributed by atoms with van der Waals surface area (Å²) < 4.78 is 0. The molecule has 0 spiro atoms. The molecule has 1 aliphatic heterocycles. The standard InChI is InChI=1S/C13H13NO3/c1-9-4-2-5-10(8-9)13(17)14-11(15)6-3-7-12(14)16/h2,4-5,8H,3,6-7H2,1H3. The lowest BCUT2D eigenvalue weighted by atomic mass is 10.1. The van der Waals surface area contributed by atoms with Crippen molar-refractivity contribution in [2.24, 2.45) is 0 Å². The van der Waals surface area contributed by atoms with E-state index < -0.39 is 17.7 Å². The van der Waals surface area contributed by atoms with Crippen LogP contribution in [0.5, 0.6) is 0 Å². The molecule has 0 aromatic heterocycles. The SMILES string of the molecule is Cc1cccc(C(=O)N2C(=O)CCCC2=O)c1. The fourth-order valence-corrected chi connectivity index (χ4v) is 1.89. The number of hydrogen-bond acceptors (Lipinski definition) is 3. The largest absolute Gasteiger partial charge is 0.274 e. The monoisotopic (exact) mass is 231 g/mol. The van der Waals surface area contributed by atoms with Crippen molar-refractivity contribution in [3.63, 3.8) is 0 Å². The fourth-order valence-electron chi connectivity index (χ4n) is 1.89. The Morgan fingerprint density at radius 2 is 1.82 bits per heavy atom. The summed E-state index contributed by atoms with van der Waals surface area (Å²) in [6.07, 6.45) is 1.07. The van der Waals surface area contributed by atoms with E-state index in [1.54, 1.807) is 18.2 Å². The smallest absolute Gasteiger partial charge is 0.267 e. The first kappa shape index (κ1) is 11.5. The molecule has 4 heteroatoms. The van der Waals surface area contributed by atoms with Gasteiger partial charge in [-0.2, -0.15) is 0 Å². The highest BCUT2D eigenvalue weighted by Crippen LogP contribution is 2.16. The lowest BCUT2D eigenvalue weighted by Gasteiger charge is -2.23. The summed E-state index contributed by atoms with van der Waals surface area (Å²) in [4.78, 5) is 36.0. The maximum Gasteiger partial charge on any atom is 0.267 e. The molecule has 4 nitrogen and oxygen atoms in total. The molecule has 17 heavy (non-hydrogen) atoms. The molecule has 1 saturated heterocycles. The second-order valence-electron chi connectivity index (χ2n) is 4.15. The van der Waals surface area contributed by atoms with E-state index in [1.165, 1.54) is 0 Å². The summed E-state index contributed by atoms with van der Waals surface area (Å²) in [6.45, 7) is 1.86. The molecule has 0 unspecified atom stereocenters. The van der Waals surface area contributed by atoms with Crippen LogP contribution in [0.15, 0.2) is 24.3 Å². The van der Waals surface area contributed by atoms with Gasteiger partial charge in [0.25, 0.3) is 5.91 Å². The maximum atomic E-state index is 12.1. The number of amides is 3. The molecule has 0 atom stereocenters. The van der Waals surface area contributed by atoms with Gasteiger partial charge in [0.05, 0.1) is 0 Å². The molecule has 1 aromatic rings. The van der Waals surface area contributed by atoms with Crippen molar-refractivity contribution in [1.29, 1.82) is 0 Å². The average molecular weight is 231 g/mol. The summed E-state index contributed by atoms with van der Waals surface area (Å²) in [5.74, 6) is -1.30. The number of carbonyl (C=O) groups excluding carboxylic acids is 3. The molecule has 88 valence electrons. The molecule has 0 N–H and O–H groups in total. The number of imide groups is 3. The van der Waals surface area contributed by atoms with Gasteiger partial charge in [0.1, 0.15) is 0 Å². The van der Waals surface area contributed by atoms with Crippen molar-refractivity contribution in [2.45, 2.75) is 26.2 Å². The van der Waals surface area contributed by atoms with Gasteiger partial charge < -0.3 is 0 Å². The zero-order chi connectivity index (χ0) is 12.4. The van der Waals surface area contributed by atoms with Gasteiger partial charge in [-0.1, -0.05) is 17.7 Å². The van der Waals surface area contributed by atoms with Crippen LogP contribution in [0.25, 0.3) is 0 Å². The average Bonchev–Trinajstić information content (AvgIpc) is 2.28. The fraction of sp³-hybridized carbons (Fsp3) is 0.308.